The highest BCUT2D eigenvalue weighted by Crippen LogP contribution is 2.31. The number of carbonyl (C=O) groups excluding carboxylic acids is 2. The van der Waals surface area contributed by atoms with Crippen LogP contribution in [0.2, 0.25) is 5.02 Å². The Balaban J connectivity index is 1.38. The minimum Gasteiger partial charge on any atom is -0.392 e. The van der Waals surface area contributed by atoms with Crippen molar-refractivity contribution in [2.24, 2.45) is 0 Å². The number of hydrogen-bond acceptors (Lipinski definition) is 6. The summed E-state index contributed by atoms with van der Waals surface area (Å²) in [5.74, 6) is -3.94. The van der Waals surface area contributed by atoms with Gasteiger partial charge in [0.2, 0.25) is 5.91 Å². The van der Waals surface area contributed by atoms with E-state index in [-0.39, 0.29) is 30.9 Å². The summed E-state index contributed by atoms with van der Waals surface area (Å²) in [6.07, 6.45) is -5.06. The molecular formula is C27H31ClF5N5O3. The molecule has 41 heavy (non-hydrogen) atoms. The van der Waals surface area contributed by atoms with Crippen LogP contribution in [-0.4, -0.2) is 91.4 Å². The largest absolute Gasteiger partial charge is 0.392 e. The molecule has 2 aliphatic heterocycles. The highest BCUT2D eigenvalue weighted by Gasteiger charge is 2.29. The monoisotopic (exact) mass is 603 g/mol. The number of anilines is 2. The molecule has 1 unspecified atom stereocenters. The van der Waals surface area contributed by atoms with Crippen molar-refractivity contribution in [3.63, 3.8) is 0 Å². The van der Waals surface area contributed by atoms with Crippen LogP contribution in [0.15, 0.2) is 30.3 Å². The second-order valence-electron chi connectivity index (χ2n) is 10.2. The second kappa shape index (κ2) is 13.3. The summed E-state index contributed by atoms with van der Waals surface area (Å²) in [4.78, 5) is 30.4. The van der Waals surface area contributed by atoms with Gasteiger partial charge in [0.05, 0.1) is 36.0 Å². The first kappa shape index (κ1) is 30.9. The normalized spacial score (nSPS) is 18.5. The molecule has 0 aromatic heterocycles. The van der Waals surface area contributed by atoms with E-state index < -0.39 is 47.7 Å². The standard InChI is InChI=1S/C27H31ClF5N5O3/c28-18-2-4-21(22(13-18)38-11-9-36(10-12-38)8-6-27(31,32)33)35-26(41)20-3-1-17(24(29)25(20)30)14-34-23(40)16-37-7-5-19(39)15-37/h1-4,13,19,39H,5-12,14-16H2,(H,34,40)(H,35,41). The Bertz CT molecular complexity index is 1260. The maximum Gasteiger partial charge on any atom is 0.390 e. The number of benzene rings is 2. The molecule has 0 radical (unpaired) electrons. The number of carbonyl (C=O) groups is 2. The Morgan fingerprint density at radius 3 is 2.39 bits per heavy atom. The molecule has 1 atom stereocenters. The zero-order valence-corrected chi connectivity index (χ0v) is 22.9. The van der Waals surface area contributed by atoms with Crippen molar-refractivity contribution in [1.82, 2.24) is 15.1 Å². The summed E-state index contributed by atoms with van der Waals surface area (Å²) in [7, 11) is 0. The van der Waals surface area contributed by atoms with Crippen LogP contribution in [0, 0.1) is 11.6 Å². The SMILES string of the molecule is O=C(CN1CCC(O)C1)NCc1ccc(C(=O)Nc2ccc(Cl)cc2N2CCN(CCC(F)(F)F)CC2)c(F)c1F. The molecular weight excluding hydrogens is 573 g/mol. The molecule has 2 aromatic carbocycles. The van der Waals surface area contributed by atoms with Gasteiger partial charge in [0.1, 0.15) is 0 Å². The summed E-state index contributed by atoms with van der Waals surface area (Å²) < 4.78 is 67.4. The lowest BCUT2D eigenvalue weighted by Crippen LogP contribution is -2.47. The summed E-state index contributed by atoms with van der Waals surface area (Å²) in [5, 5.41) is 15.0. The zero-order valence-electron chi connectivity index (χ0n) is 22.1. The van der Waals surface area contributed by atoms with Gasteiger partial charge in [0.15, 0.2) is 11.6 Å². The van der Waals surface area contributed by atoms with Crippen LogP contribution in [0.5, 0.6) is 0 Å². The maximum atomic E-state index is 14.9. The third-order valence-electron chi connectivity index (χ3n) is 7.13. The molecule has 0 saturated carbocycles. The molecule has 8 nitrogen and oxygen atoms in total. The Labute approximate surface area is 239 Å². The smallest absolute Gasteiger partial charge is 0.390 e. The Morgan fingerprint density at radius 2 is 1.73 bits per heavy atom. The number of hydrogen-bond donors (Lipinski definition) is 3. The van der Waals surface area contributed by atoms with E-state index in [0.29, 0.717) is 56.4 Å². The lowest BCUT2D eigenvalue weighted by molar-refractivity contribution is -0.138. The Kier molecular flexibility index (Phi) is 10.1. The number of amides is 2. The van der Waals surface area contributed by atoms with E-state index in [2.05, 4.69) is 10.6 Å². The maximum absolute atomic E-state index is 14.9. The predicted molar refractivity (Wildman–Crippen MR) is 144 cm³/mol. The molecule has 0 spiro atoms. The molecule has 2 amide bonds. The highest BCUT2D eigenvalue weighted by molar-refractivity contribution is 6.31. The van der Waals surface area contributed by atoms with Crippen LogP contribution in [-0.2, 0) is 11.3 Å². The van der Waals surface area contributed by atoms with Crippen molar-refractivity contribution in [3.8, 4) is 0 Å². The number of aliphatic hydroxyl groups is 1. The van der Waals surface area contributed by atoms with Gasteiger partial charge in [0.25, 0.3) is 5.91 Å². The summed E-state index contributed by atoms with van der Waals surface area (Å²) in [6, 6.07) is 6.97. The van der Waals surface area contributed by atoms with Crippen molar-refractivity contribution in [2.45, 2.75) is 31.7 Å². The molecule has 2 aliphatic rings. The van der Waals surface area contributed by atoms with Gasteiger partial charge >= 0.3 is 6.18 Å². The van der Waals surface area contributed by atoms with Crippen LogP contribution in [0.1, 0.15) is 28.8 Å². The van der Waals surface area contributed by atoms with E-state index in [1.807, 2.05) is 4.90 Å². The van der Waals surface area contributed by atoms with Crippen LogP contribution in [0.3, 0.4) is 0 Å². The summed E-state index contributed by atoms with van der Waals surface area (Å²) in [6.45, 7) is 2.06. The molecule has 14 heteroatoms. The quantitative estimate of drug-likeness (QED) is 0.380. The first-order chi connectivity index (χ1) is 19.4. The number of nitrogens with zero attached hydrogens (tertiary/aromatic N) is 3. The lowest BCUT2D eigenvalue weighted by Gasteiger charge is -2.37. The van der Waals surface area contributed by atoms with Crippen molar-refractivity contribution in [2.75, 3.05) is 62.6 Å². The number of rotatable bonds is 9. The number of β-amino-alcohol motifs (C(OH)–C–C–N with tert-alkyl or cyclic N) is 1. The van der Waals surface area contributed by atoms with Crippen LogP contribution < -0.4 is 15.5 Å². The summed E-state index contributed by atoms with van der Waals surface area (Å²) in [5.41, 5.74) is 0.115. The van der Waals surface area contributed by atoms with E-state index in [0.717, 1.165) is 6.07 Å². The van der Waals surface area contributed by atoms with Crippen LogP contribution >= 0.6 is 11.6 Å². The van der Waals surface area contributed by atoms with E-state index >= 15 is 0 Å². The van der Waals surface area contributed by atoms with Gasteiger partial charge in [-0.05, 0) is 30.7 Å². The third-order valence-corrected chi connectivity index (χ3v) is 7.37. The van der Waals surface area contributed by atoms with E-state index in [1.54, 1.807) is 15.9 Å². The Hall–Kier alpha value is -3.00. The van der Waals surface area contributed by atoms with Gasteiger partial charge in [-0.3, -0.25) is 19.4 Å². The average Bonchev–Trinajstić information content (AvgIpc) is 3.33. The predicted octanol–water partition coefficient (Wildman–Crippen LogP) is 3.63. The van der Waals surface area contributed by atoms with Gasteiger partial charge in [0, 0.05) is 62.9 Å². The van der Waals surface area contributed by atoms with E-state index in [4.69, 9.17) is 11.6 Å². The fourth-order valence-corrected chi connectivity index (χ4v) is 5.04. The number of alkyl halides is 3. The molecule has 4 rings (SSSR count). The first-order valence-corrected chi connectivity index (χ1v) is 13.6. The minimum atomic E-state index is -4.24. The first-order valence-electron chi connectivity index (χ1n) is 13.2. The number of halogens is 6. The van der Waals surface area contributed by atoms with Gasteiger partial charge in [-0.2, -0.15) is 13.2 Å². The van der Waals surface area contributed by atoms with E-state index in [1.165, 1.54) is 18.2 Å². The molecule has 2 heterocycles. The molecule has 0 aliphatic carbocycles. The average molecular weight is 604 g/mol. The van der Waals surface area contributed by atoms with Gasteiger partial charge < -0.3 is 20.6 Å². The lowest BCUT2D eigenvalue weighted by atomic mass is 10.1. The van der Waals surface area contributed by atoms with Crippen molar-refractivity contribution in [1.29, 1.82) is 0 Å². The highest BCUT2D eigenvalue weighted by atomic mass is 35.5. The molecule has 2 saturated heterocycles. The second-order valence-corrected chi connectivity index (χ2v) is 10.6. The van der Waals surface area contributed by atoms with Crippen LogP contribution in [0.25, 0.3) is 0 Å². The molecule has 3 N–H and O–H groups in total. The van der Waals surface area contributed by atoms with Crippen molar-refractivity contribution < 1.29 is 36.6 Å². The fraction of sp³-hybridized carbons (Fsp3) is 0.481. The van der Waals surface area contributed by atoms with Gasteiger partial charge in [-0.15, -0.1) is 0 Å². The number of aliphatic hydroxyl groups excluding tert-OH is 1. The van der Waals surface area contributed by atoms with Gasteiger partial charge in [-0.25, -0.2) is 8.78 Å². The van der Waals surface area contributed by atoms with E-state index in [9.17, 15) is 36.6 Å². The molecule has 224 valence electrons. The summed E-state index contributed by atoms with van der Waals surface area (Å²) >= 11 is 6.16. The molecule has 2 aromatic rings. The molecule has 2 fully saturated rings. The number of piperazine rings is 1. The van der Waals surface area contributed by atoms with Crippen molar-refractivity contribution in [3.05, 3.63) is 58.1 Å². The van der Waals surface area contributed by atoms with Gasteiger partial charge in [-0.1, -0.05) is 17.7 Å². The third kappa shape index (κ3) is 8.51. The minimum absolute atomic E-state index is 0.0215. The van der Waals surface area contributed by atoms with Crippen LogP contribution in [0.4, 0.5) is 33.3 Å². The topological polar surface area (TPSA) is 88.2 Å². The zero-order chi connectivity index (χ0) is 29.7. The fourth-order valence-electron chi connectivity index (χ4n) is 4.87. The number of nitrogens with one attached hydrogen (secondary N) is 2. The van der Waals surface area contributed by atoms with Crippen molar-refractivity contribution >= 4 is 34.8 Å². The number of likely N-dealkylation sites (tertiary alicyclic amines) is 1. The molecule has 0 bridgehead atoms. The Morgan fingerprint density at radius 1 is 1.00 bits per heavy atom.